The molecule has 3 saturated heterocycles. The Bertz CT molecular complexity index is 778. The standard InChI is InChI=1S/C25H38N4O3/c1-2-3-19-32-23-11-5-4-9-21(23)27-17-15-26(16-18-27)12-8-13-28-20-24(30)29-14-7-6-10-22(29)25(28)31/h4-5,9,11,22H,2-3,6-8,10,12-20H2,1H3/t22-/m0/s1. The molecule has 0 spiro atoms. The lowest BCUT2D eigenvalue weighted by Gasteiger charge is -2.43. The Kier molecular flexibility index (Phi) is 7.90. The third-order valence-corrected chi connectivity index (χ3v) is 6.98. The molecular formula is C25H38N4O3. The molecule has 1 aromatic carbocycles. The fourth-order valence-corrected chi connectivity index (χ4v) is 5.08. The van der Waals surface area contributed by atoms with Crippen LogP contribution in [0.3, 0.4) is 0 Å². The highest BCUT2D eigenvalue weighted by molar-refractivity contribution is 5.95. The Morgan fingerprint density at radius 1 is 0.969 bits per heavy atom. The highest BCUT2D eigenvalue weighted by Gasteiger charge is 2.40. The van der Waals surface area contributed by atoms with Crippen LogP contribution in [0.15, 0.2) is 24.3 Å². The highest BCUT2D eigenvalue weighted by atomic mass is 16.5. The minimum Gasteiger partial charge on any atom is -0.491 e. The fourth-order valence-electron chi connectivity index (χ4n) is 5.08. The summed E-state index contributed by atoms with van der Waals surface area (Å²) < 4.78 is 6.02. The molecule has 2 amide bonds. The van der Waals surface area contributed by atoms with E-state index in [4.69, 9.17) is 4.74 Å². The first kappa shape index (κ1) is 22.9. The van der Waals surface area contributed by atoms with Gasteiger partial charge in [0.2, 0.25) is 11.8 Å². The Labute approximate surface area is 192 Å². The largest absolute Gasteiger partial charge is 0.491 e. The van der Waals surface area contributed by atoms with Gasteiger partial charge in [0.15, 0.2) is 0 Å². The molecule has 0 saturated carbocycles. The number of anilines is 1. The predicted octanol–water partition coefficient (Wildman–Crippen LogP) is 2.60. The second-order valence-corrected chi connectivity index (χ2v) is 9.21. The van der Waals surface area contributed by atoms with Crippen molar-refractivity contribution in [2.24, 2.45) is 0 Å². The number of benzene rings is 1. The third kappa shape index (κ3) is 5.37. The van der Waals surface area contributed by atoms with Crippen molar-refractivity contribution in [2.45, 2.75) is 51.5 Å². The molecule has 1 atom stereocenters. The van der Waals surface area contributed by atoms with Crippen molar-refractivity contribution in [1.82, 2.24) is 14.7 Å². The molecule has 0 unspecified atom stereocenters. The Morgan fingerprint density at radius 2 is 1.78 bits per heavy atom. The lowest BCUT2D eigenvalue weighted by molar-refractivity contribution is -0.157. The zero-order valence-corrected chi connectivity index (χ0v) is 19.5. The van der Waals surface area contributed by atoms with E-state index in [0.29, 0.717) is 6.54 Å². The number of hydrogen-bond donors (Lipinski definition) is 0. The minimum atomic E-state index is -0.201. The number of piperazine rings is 2. The van der Waals surface area contributed by atoms with Crippen LogP contribution in [0.4, 0.5) is 5.69 Å². The van der Waals surface area contributed by atoms with E-state index >= 15 is 0 Å². The van der Waals surface area contributed by atoms with Crippen LogP contribution in [0.25, 0.3) is 0 Å². The minimum absolute atomic E-state index is 0.128. The molecule has 1 aromatic rings. The number of carbonyl (C=O) groups excluding carboxylic acids is 2. The van der Waals surface area contributed by atoms with E-state index in [0.717, 1.165) is 90.1 Å². The van der Waals surface area contributed by atoms with E-state index in [1.54, 1.807) is 4.90 Å². The predicted molar refractivity (Wildman–Crippen MR) is 126 cm³/mol. The maximum absolute atomic E-state index is 12.8. The lowest BCUT2D eigenvalue weighted by Crippen LogP contribution is -2.61. The van der Waals surface area contributed by atoms with Crippen LogP contribution in [0.1, 0.15) is 45.4 Å². The van der Waals surface area contributed by atoms with Gasteiger partial charge in [-0.15, -0.1) is 0 Å². The Balaban J connectivity index is 1.22. The summed E-state index contributed by atoms with van der Waals surface area (Å²) in [5.41, 5.74) is 1.19. The summed E-state index contributed by atoms with van der Waals surface area (Å²) in [6.07, 6.45) is 6.03. The SMILES string of the molecule is CCCCOc1ccccc1N1CCN(CCCN2CC(=O)N3CCCC[C@H]3C2=O)CC1. The van der Waals surface area contributed by atoms with Gasteiger partial charge >= 0.3 is 0 Å². The number of rotatable bonds is 9. The second-order valence-electron chi connectivity index (χ2n) is 9.21. The van der Waals surface area contributed by atoms with Gasteiger partial charge < -0.3 is 19.4 Å². The molecule has 0 N–H and O–H groups in total. The monoisotopic (exact) mass is 442 g/mol. The third-order valence-electron chi connectivity index (χ3n) is 6.98. The molecule has 3 heterocycles. The average Bonchev–Trinajstić information content (AvgIpc) is 2.83. The van der Waals surface area contributed by atoms with Gasteiger partial charge in [-0.05, 0) is 50.8 Å². The van der Waals surface area contributed by atoms with Gasteiger partial charge in [-0.1, -0.05) is 25.5 Å². The molecule has 7 nitrogen and oxygen atoms in total. The Morgan fingerprint density at radius 3 is 2.59 bits per heavy atom. The normalized spacial score (nSPS) is 22.3. The van der Waals surface area contributed by atoms with Crippen LogP contribution in [0, 0.1) is 0 Å². The maximum Gasteiger partial charge on any atom is 0.245 e. The van der Waals surface area contributed by atoms with Crippen molar-refractivity contribution in [3.8, 4) is 5.75 Å². The molecule has 0 aromatic heterocycles. The number of nitrogens with zero attached hydrogens (tertiary/aromatic N) is 4. The summed E-state index contributed by atoms with van der Waals surface area (Å²) in [5.74, 6) is 1.27. The lowest BCUT2D eigenvalue weighted by atomic mass is 9.98. The van der Waals surface area contributed by atoms with E-state index in [9.17, 15) is 9.59 Å². The summed E-state index contributed by atoms with van der Waals surface area (Å²) in [7, 11) is 0. The van der Waals surface area contributed by atoms with Crippen molar-refractivity contribution >= 4 is 17.5 Å². The van der Waals surface area contributed by atoms with Crippen molar-refractivity contribution in [3.05, 3.63) is 24.3 Å². The van der Waals surface area contributed by atoms with E-state index in [2.05, 4.69) is 34.9 Å². The molecule has 176 valence electrons. The fraction of sp³-hybridized carbons (Fsp3) is 0.680. The van der Waals surface area contributed by atoms with Gasteiger partial charge in [0, 0.05) is 39.3 Å². The van der Waals surface area contributed by atoms with Gasteiger partial charge in [-0.25, -0.2) is 0 Å². The van der Waals surface area contributed by atoms with Crippen LogP contribution in [0.5, 0.6) is 5.75 Å². The molecule has 3 aliphatic heterocycles. The van der Waals surface area contributed by atoms with Crippen LogP contribution in [-0.4, -0.2) is 91.5 Å². The molecule has 3 fully saturated rings. The number of piperidine rings is 1. The van der Waals surface area contributed by atoms with Gasteiger partial charge in [-0.3, -0.25) is 14.5 Å². The number of para-hydroxylation sites is 2. The van der Waals surface area contributed by atoms with Gasteiger partial charge in [0.1, 0.15) is 11.8 Å². The molecule has 4 rings (SSSR count). The van der Waals surface area contributed by atoms with Crippen LogP contribution < -0.4 is 9.64 Å². The first-order valence-corrected chi connectivity index (χ1v) is 12.4. The molecule has 0 aliphatic carbocycles. The van der Waals surface area contributed by atoms with Gasteiger partial charge in [-0.2, -0.15) is 0 Å². The van der Waals surface area contributed by atoms with Crippen LogP contribution >= 0.6 is 0 Å². The number of ether oxygens (including phenoxy) is 1. The van der Waals surface area contributed by atoms with Crippen LogP contribution in [-0.2, 0) is 9.59 Å². The van der Waals surface area contributed by atoms with E-state index in [1.165, 1.54) is 5.69 Å². The number of amides is 2. The second kappa shape index (κ2) is 11.0. The molecule has 0 bridgehead atoms. The zero-order valence-electron chi connectivity index (χ0n) is 19.5. The average molecular weight is 443 g/mol. The number of carbonyl (C=O) groups is 2. The summed E-state index contributed by atoms with van der Waals surface area (Å²) >= 11 is 0. The summed E-state index contributed by atoms with van der Waals surface area (Å²) in [6.45, 7) is 9.58. The smallest absolute Gasteiger partial charge is 0.245 e. The maximum atomic E-state index is 12.8. The van der Waals surface area contributed by atoms with Gasteiger partial charge in [0.25, 0.3) is 0 Å². The van der Waals surface area contributed by atoms with E-state index in [1.807, 2.05) is 11.0 Å². The van der Waals surface area contributed by atoms with Crippen LogP contribution in [0.2, 0.25) is 0 Å². The van der Waals surface area contributed by atoms with Crippen molar-refractivity contribution in [2.75, 3.05) is 63.9 Å². The first-order chi connectivity index (χ1) is 15.7. The topological polar surface area (TPSA) is 56.3 Å². The summed E-state index contributed by atoms with van der Waals surface area (Å²) in [6, 6.07) is 8.15. The molecule has 0 radical (unpaired) electrons. The number of hydrogen-bond acceptors (Lipinski definition) is 5. The molecule has 3 aliphatic rings. The quantitative estimate of drug-likeness (QED) is 0.551. The number of unbranched alkanes of at least 4 members (excludes halogenated alkanes) is 1. The molecule has 32 heavy (non-hydrogen) atoms. The van der Waals surface area contributed by atoms with E-state index < -0.39 is 0 Å². The zero-order chi connectivity index (χ0) is 22.3. The number of fused-ring (bicyclic) bond motifs is 1. The van der Waals surface area contributed by atoms with E-state index in [-0.39, 0.29) is 24.4 Å². The van der Waals surface area contributed by atoms with Crippen molar-refractivity contribution < 1.29 is 14.3 Å². The highest BCUT2D eigenvalue weighted by Crippen LogP contribution is 2.29. The Hall–Kier alpha value is -2.28. The molecule has 7 heteroatoms. The molecular weight excluding hydrogens is 404 g/mol. The first-order valence-electron chi connectivity index (χ1n) is 12.4. The van der Waals surface area contributed by atoms with Crippen molar-refractivity contribution in [1.29, 1.82) is 0 Å². The summed E-state index contributed by atoms with van der Waals surface area (Å²) in [4.78, 5) is 33.8. The van der Waals surface area contributed by atoms with Gasteiger partial charge in [0.05, 0.1) is 18.8 Å². The van der Waals surface area contributed by atoms with Crippen molar-refractivity contribution in [3.63, 3.8) is 0 Å². The summed E-state index contributed by atoms with van der Waals surface area (Å²) in [5, 5.41) is 0.